The van der Waals surface area contributed by atoms with E-state index in [1.165, 1.54) is 18.2 Å². The Morgan fingerprint density at radius 1 is 1.47 bits per heavy atom. The summed E-state index contributed by atoms with van der Waals surface area (Å²) in [5.41, 5.74) is 0. The molecule has 4 nitrogen and oxygen atoms in total. The van der Waals surface area contributed by atoms with Crippen LogP contribution in [0.1, 0.15) is 6.92 Å². The van der Waals surface area contributed by atoms with Crippen molar-refractivity contribution < 1.29 is 13.9 Å². The highest BCUT2D eigenvalue weighted by Crippen LogP contribution is 2.26. The second-order valence-electron chi connectivity index (χ2n) is 4.41. The van der Waals surface area contributed by atoms with Gasteiger partial charge in [0.05, 0.1) is 5.02 Å². The van der Waals surface area contributed by atoms with Crippen molar-refractivity contribution in [3.05, 3.63) is 29.0 Å². The van der Waals surface area contributed by atoms with Crippen molar-refractivity contribution in [1.29, 1.82) is 0 Å². The lowest BCUT2D eigenvalue weighted by Gasteiger charge is -2.29. The molecule has 0 spiro atoms. The Morgan fingerprint density at radius 2 is 2.16 bits per heavy atom. The van der Waals surface area contributed by atoms with Gasteiger partial charge in [0.1, 0.15) is 11.6 Å². The van der Waals surface area contributed by atoms with Gasteiger partial charge >= 0.3 is 0 Å². The van der Waals surface area contributed by atoms with Gasteiger partial charge in [-0.15, -0.1) is 0 Å². The van der Waals surface area contributed by atoms with E-state index in [1.807, 2.05) is 0 Å². The third-order valence-corrected chi connectivity index (χ3v) is 3.27. The molecular weight excluding hydrogens is 271 g/mol. The highest BCUT2D eigenvalue weighted by atomic mass is 35.5. The van der Waals surface area contributed by atoms with Crippen LogP contribution in [0.3, 0.4) is 0 Å². The van der Waals surface area contributed by atoms with Crippen LogP contribution in [0.15, 0.2) is 18.2 Å². The first-order valence-corrected chi connectivity index (χ1v) is 6.57. The smallest absolute Gasteiger partial charge is 0.263 e. The van der Waals surface area contributed by atoms with Gasteiger partial charge in [-0.1, -0.05) is 11.6 Å². The number of benzene rings is 1. The molecule has 1 aliphatic heterocycles. The monoisotopic (exact) mass is 286 g/mol. The number of ether oxygens (including phenoxy) is 1. The van der Waals surface area contributed by atoms with Crippen LogP contribution >= 0.6 is 11.6 Å². The quantitative estimate of drug-likeness (QED) is 0.919. The third kappa shape index (κ3) is 3.58. The Kier molecular flexibility index (Phi) is 4.61. The van der Waals surface area contributed by atoms with Gasteiger partial charge in [0, 0.05) is 26.2 Å². The average Bonchev–Trinajstić information content (AvgIpc) is 2.42. The largest absolute Gasteiger partial charge is 0.479 e. The number of carbonyl (C=O) groups excluding carboxylic acids is 1. The molecule has 1 fully saturated rings. The molecule has 0 aliphatic carbocycles. The number of rotatable bonds is 3. The van der Waals surface area contributed by atoms with Gasteiger partial charge in [-0.2, -0.15) is 0 Å². The summed E-state index contributed by atoms with van der Waals surface area (Å²) in [5, 5.41) is 3.34. The molecule has 1 aromatic rings. The minimum Gasteiger partial charge on any atom is -0.479 e. The lowest BCUT2D eigenvalue weighted by atomic mass is 10.2. The SMILES string of the molecule is CC(Oc1ccc(F)cc1Cl)C(=O)N1CCNCC1. The summed E-state index contributed by atoms with van der Waals surface area (Å²) in [6.07, 6.45) is -0.638. The van der Waals surface area contributed by atoms with Crippen molar-refractivity contribution in [2.45, 2.75) is 13.0 Å². The summed E-state index contributed by atoms with van der Waals surface area (Å²) in [5.74, 6) is -0.195. The number of halogens is 2. The second kappa shape index (κ2) is 6.21. The van der Waals surface area contributed by atoms with Crippen LogP contribution < -0.4 is 10.1 Å². The molecule has 6 heteroatoms. The first-order valence-electron chi connectivity index (χ1n) is 6.19. The van der Waals surface area contributed by atoms with Crippen molar-refractivity contribution in [3.8, 4) is 5.75 Å². The van der Waals surface area contributed by atoms with Gasteiger partial charge in [-0.25, -0.2) is 4.39 Å². The van der Waals surface area contributed by atoms with E-state index in [0.29, 0.717) is 18.8 Å². The standard InChI is InChI=1S/C13H16ClFN2O2/c1-9(13(18)17-6-4-16-5-7-17)19-12-3-2-10(15)8-11(12)14/h2-3,8-9,16H,4-7H2,1H3. The summed E-state index contributed by atoms with van der Waals surface area (Å²) < 4.78 is 18.4. The highest BCUT2D eigenvalue weighted by molar-refractivity contribution is 6.32. The van der Waals surface area contributed by atoms with Crippen LogP contribution in [0.4, 0.5) is 4.39 Å². The Bertz CT molecular complexity index is 464. The molecule has 0 aromatic heterocycles. The summed E-state index contributed by atoms with van der Waals surface area (Å²) in [4.78, 5) is 13.9. The van der Waals surface area contributed by atoms with Gasteiger partial charge < -0.3 is 15.0 Å². The molecule has 1 aliphatic rings. The minimum absolute atomic E-state index is 0.0816. The number of hydrogen-bond acceptors (Lipinski definition) is 3. The number of hydrogen-bond donors (Lipinski definition) is 1. The van der Waals surface area contributed by atoms with Crippen molar-refractivity contribution >= 4 is 17.5 Å². The highest BCUT2D eigenvalue weighted by Gasteiger charge is 2.23. The molecule has 2 rings (SSSR count). The van der Waals surface area contributed by atoms with E-state index in [9.17, 15) is 9.18 Å². The summed E-state index contributed by atoms with van der Waals surface area (Å²) >= 11 is 5.86. The molecule has 1 heterocycles. The average molecular weight is 287 g/mol. The molecule has 1 amide bonds. The van der Waals surface area contributed by atoms with Crippen LogP contribution in [0.2, 0.25) is 5.02 Å². The first kappa shape index (κ1) is 14.1. The summed E-state index contributed by atoms with van der Waals surface area (Å²) in [6, 6.07) is 3.85. The molecule has 1 N–H and O–H groups in total. The molecule has 1 aromatic carbocycles. The predicted octanol–water partition coefficient (Wildman–Crippen LogP) is 1.68. The molecule has 1 saturated heterocycles. The van der Waals surface area contributed by atoms with Gasteiger partial charge in [0.15, 0.2) is 6.10 Å². The molecule has 1 atom stereocenters. The maximum Gasteiger partial charge on any atom is 0.263 e. The predicted molar refractivity (Wildman–Crippen MR) is 70.9 cm³/mol. The number of nitrogens with zero attached hydrogens (tertiary/aromatic N) is 1. The van der Waals surface area contributed by atoms with Crippen LogP contribution in [0.5, 0.6) is 5.75 Å². The van der Waals surface area contributed by atoms with Crippen LogP contribution in [0.25, 0.3) is 0 Å². The van der Waals surface area contributed by atoms with E-state index in [4.69, 9.17) is 16.3 Å². The number of carbonyl (C=O) groups is 1. The lowest BCUT2D eigenvalue weighted by molar-refractivity contribution is -0.138. The van der Waals surface area contributed by atoms with Gasteiger partial charge in [-0.3, -0.25) is 4.79 Å². The Balaban J connectivity index is 1.99. The first-order chi connectivity index (χ1) is 9.08. The molecule has 19 heavy (non-hydrogen) atoms. The second-order valence-corrected chi connectivity index (χ2v) is 4.82. The number of amides is 1. The van der Waals surface area contributed by atoms with E-state index in [0.717, 1.165) is 13.1 Å². The molecular formula is C13H16ClFN2O2. The zero-order valence-corrected chi connectivity index (χ0v) is 11.4. The lowest BCUT2D eigenvalue weighted by Crippen LogP contribution is -2.50. The zero-order chi connectivity index (χ0) is 13.8. The van der Waals surface area contributed by atoms with Gasteiger partial charge in [-0.05, 0) is 25.1 Å². The maximum atomic E-state index is 12.9. The Labute approximate surface area is 116 Å². The molecule has 1 unspecified atom stereocenters. The van der Waals surface area contributed by atoms with E-state index >= 15 is 0 Å². The fraction of sp³-hybridized carbons (Fsp3) is 0.462. The van der Waals surface area contributed by atoms with Gasteiger partial charge in [0.25, 0.3) is 5.91 Å². The maximum absolute atomic E-state index is 12.9. The van der Waals surface area contributed by atoms with Crippen molar-refractivity contribution in [2.75, 3.05) is 26.2 Å². The number of piperazine rings is 1. The van der Waals surface area contributed by atoms with E-state index in [1.54, 1.807) is 11.8 Å². The van der Waals surface area contributed by atoms with Crippen LogP contribution in [0, 0.1) is 5.82 Å². The number of nitrogens with one attached hydrogen (secondary N) is 1. The topological polar surface area (TPSA) is 41.6 Å². The third-order valence-electron chi connectivity index (χ3n) is 2.97. The summed E-state index contributed by atoms with van der Waals surface area (Å²) in [7, 11) is 0. The van der Waals surface area contributed by atoms with E-state index in [-0.39, 0.29) is 10.9 Å². The molecule has 0 bridgehead atoms. The minimum atomic E-state index is -0.638. The van der Waals surface area contributed by atoms with E-state index < -0.39 is 11.9 Å². The normalized spacial score (nSPS) is 17.1. The van der Waals surface area contributed by atoms with Crippen molar-refractivity contribution in [1.82, 2.24) is 10.2 Å². The Hall–Kier alpha value is -1.33. The van der Waals surface area contributed by atoms with Crippen molar-refractivity contribution in [3.63, 3.8) is 0 Å². The van der Waals surface area contributed by atoms with Gasteiger partial charge in [0.2, 0.25) is 0 Å². The summed E-state index contributed by atoms with van der Waals surface area (Å²) in [6.45, 7) is 4.59. The van der Waals surface area contributed by atoms with Crippen LogP contribution in [-0.2, 0) is 4.79 Å². The van der Waals surface area contributed by atoms with Crippen LogP contribution in [-0.4, -0.2) is 43.1 Å². The van der Waals surface area contributed by atoms with E-state index in [2.05, 4.69) is 5.32 Å². The van der Waals surface area contributed by atoms with Crippen molar-refractivity contribution in [2.24, 2.45) is 0 Å². The Morgan fingerprint density at radius 3 is 2.79 bits per heavy atom. The fourth-order valence-electron chi connectivity index (χ4n) is 1.95. The molecule has 0 saturated carbocycles. The molecule has 0 radical (unpaired) electrons. The molecule has 104 valence electrons. The fourth-order valence-corrected chi connectivity index (χ4v) is 2.17. The zero-order valence-electron chi connectivity index (χ0n) is 10.7.